The van der Waals surface area contributed by atoms with Crippen LogP contribution in [0.5, 0.6) is 5.75 Å². The third kappa shape index (κ3) is 3.52. The topological polar surface area (TPSA) is 63.5 Å². The molecule has 1 aliphatic heterocycles. The van der Waals surface area contributed by atoms with Crippen LogP contribution in [-0.4, -0.2) is 13.0 Å². The Labute approximate surface area is 152 Å². The van der Waals surface area contributed by atoms with Crippen LogP contribution in [0.1, 0.15) is 36.6 Å². The average molecular weight is 350 g/mol. The first-order chi connectivity index (χ1) is 12.7. The molecule has 1 atom stereocenters. The van der Waals surface area contributed by atoms with Crippen molar-refractivity contribution in [3.05, 3.63) is 59.9 Å². The molecule has 0 aliphatic carbocycles. The molecule has 2 N–H and O–H groups in total. The molecule has 1 saturated heterocycles. The van der Waals surface area contributed by atoms with Crippen LogP contribution >= 0.6 is 0 Å². The highest BCUT2D eigenvalue weighted by Gasteiger charge is 2.19. The largest absolute Gasteiger partial charge is 0.497 e. The van der Waals surface area contributed by atoms with Gasteiger partial charge in [-0.15, -0.1) is 0 Å². The van der Waals surface area contributed by atoms with Crippen molar-refractivity contribution >= 4 is 22.6 Å². The molecule has 1 unspecified atom stereocenters. The second-order valence-corrected chi connectivity index (χ2v) is 6.61. The lowest BCUT2D eigenvalue weighted by atomic mass is 9.97. The number of anilines is 1. The number of benzene rings is 2. The predicted molar refractivity (Wildman–Crippen MR) is 101 cm³/mol. The Morgan fingerprint density at radius 1 is 1.23 bits per heavy atom. The fourth-order valence-corrected chi connectivity index (χ4v) is 3.40. The quantitative estimate of drug-likeness (QED) is 0.716. The maximum absolute atomic E-state index is 11.6. The smallest absolute Gasteiger partial charge is 0.220 e. The molecule has 5 heteroatoms. The number of ether oxygens (including phenoxy) is 1. The van der Waals surface area contributed by atoms with Gasteiger partial charge in [0.2, 0.25) is 5.91 Å². The normalized spacial score (nSPS) is 17.1. The van der Waals surface area contributed by atoms with E-state index in [9.17, 15) is 4.79 Å². The number of piperidine rings is 1. The van der Waals surface area contributed by atoms with Crippen LogP contribution in [0.2, 0.25) is 0 Å². The van der Waals surface area contributed by atoms with Gasteiger partial charge in [-0.1, -0.05) is 12.1 Å². The number of rotatable bonds is 5. The molecule has 1 aromatic heterocycles. The molecular formula is C21H22N2O3. The van der Waals surface area contributed by atoms with Gasteiger partial charge in [0.25, 0.3) is 0 Å². The molecule has 134 valence electrons. The standard InChI is InChI=1S/C21H22N2O3/c1-25-17-8-9-20-15(11-17)12-18(26-20)13-22-16-5-2-4-14(10-16)19-6-3-7-21(24)23-19/h2,4-5,8-12,19,22H,3,6-7,13H2,1H3,(H,23,24). The van der Waals surface area contributed by atoms with Crippen LogP contribution in [-0.2, 0) is 11.3 Å². The summed E-state index contributed by atoms with van der Waals surface area (Å²) in [7, 11) is 1.66. The molecule has 5 nitrogen and oxygen atoms in total. The Hall–Kier alpha value is -2.95. The molecule has 3 aromatic rings. The molecule has 0 spiro atoms. The van der Waals surface area contributed by atoms with Gasteiger partial charge >= 0.3 is 0 Å². The molecule has 0 bridgehead atoms. The van der Waals surface area contributed by atoms with Gasteiger partial charge in [-0.05, 0) is 54.8 Å². The van der Waals surface area contributed by atoms with Crippen molar-refractivity contribution in [2.45, 2.75) is 31.8 Å². The molecule has 4 rings (SSSR count). The molecule has 1 aliphatic rings. The number of hydrogen-bond acceptors (Lipinski definition) is 4. The maximum Gasteiger partial charge on any atom is 0.220 e. The first kappa shape index (κ1) is 16.5. The predicted octanol–water partition coefficient (Wildman–Crippen LogP) is 4.39. The summed E-state index contributed by atoms with van der Waals surface area (Å²) >= 11 is 0. The van der Waals surface area contributed by atoms with Crippen molar-refractivity contribution < 1.29 is 13.9 Å². The van der Waals surface area contributed by atoms with Gasteiger partial charge in [-0.25, -0.2) is 0 Å². The van der Waals surface area contributed by atoms with Gasteiger partial charge in [0.1, 0.15) is 17.1 Å². The summed E-state index contributed by atoms with van der Waals surface area (Å²) in [5.41, 5.74) is 3.00. The van der Waals surface area contributed by atoms with Crippen LogP contribution < -0.4 is 15.4 Å². The van der Waals surface area contributed by atoms with Crippen LogP contribution in [0.4, 0.5) is 5.69 Å². The van der Waals surface area contributed by atoms with E-state index in [2.05, 4.69) is 22.8 Å². The van der Waals surface area contributed by atoms with E-state index < -0.39 is 0 Å². The molecule has 1 amide bonds. The summed E-state index contributed by atoms with van der Waals surface area (Å²) in [5, 5.41) is 7.50. The van der Waals surface area contributed by atoms with Gasteiger partial charge in [0, 0.05) is 17.5 Å². The van der Waals surface area contributed by atoms with E-state index in [1.54, 1.807) is 7.11 Å². The Morgan fingerprint density at radius 3 is 3.00 bits per heavy atom. The number of fused-ring (bicyclic) bond motifs is 1. The summed E-state index contributed by atoms with van der Waals surface area (Å²) in [6, 6.07) is 16.1. The highest BCUT2D eigenvalue weighted by Crippen LogP contribution is 2.27. The Kier molecular flexibility index (Phi) is 4.52. The highest BCUT2D eigenvalue weighted by molar-refractivity contribution is 5.79. The van der Waals surface area contributed by atoms with Crippen molar-refractivity contribution in [1.82, 2.24) is 5.32 Å². The average Bonchev–Trinajstić information content (AvgIpc) is 3.08. The number of carbonyl (C=O) groups is 1. The highest BCUT2D eigenvalue weighted by atomic mass is 16.5. The van der Waals surface area contributed by atoms with E-state index in [-0.39, 0.29) is 11.9 Å². The summed E-state index contributed by atoms with van der Waals surface area (Å²) < 4.78 is 11.1. The Balaban J connectivity index is 1.46. The monoisotopic (exact) mass is 350 g/mol. The zero-order valence-corrected chi connectivity index (χ0v) is 14.7. The minimum atomic E-state index is 0.108. The van der Waals surface area contributed by atoms with E-state index in [0.29, 0.717) is 13.0 Å². The van der Waals surface area contributed by atoms with Crippen LogP contribution in [0.25, 0.3) is 11.0 Å². The third-order valence-electron chi connectivity index (χ3n) is 4.76. The molecule has 0 saturated carbocycles. The molecule has 2 heterocycles. The van der Waals surface area contributed by atoms with Crippen molar-refractivity contribution in [2.75, 3.05) is 12.4 Å². The van der Waals surface area contributed by atoms with Gasteiger partial charge in [-0.2, -0.15) is 0 Å². The molecular weight excluding hydrogens is 328 g/mol. The summed E-state index contributed by atoms with van der Waals surface area (Å²) in [5.74, 6) is 1.82. The molecule has 0 radical (unpaired) electrons. The number of nitrogens with one attached hydrogen (secondary N) is 2. The van der Waals surface area contributed by atoms with Crippen molar-refractivity contribution in [3.63, 3.8) is 0 Å². The van der Waals surface area contributed by atoms with E-state index >= 15 is 0 Å². The number of furan rings is 1. The zero-order valence-electron chi connectivity index (χ0n) is 14.7. The second-order valence-electron chi connectivity index (χ2n) is 6.61. The van der Waals surface area contributed by atoms with Gasteiger partial charge in [0.05, 0.1) is 19.7 Å². The number of hydrogen-bond donors (Lipinski definition) is 2. The van der Waals surface area contributed by atoms with Gasteiger partial charge < -0.3 is 19.8 Å². The van der Waals surface area contributed by atoms with Crippen molar-refractivity contribution in [1.29, 1.82) is 0 Å². The van der Waals surface area contributed by atoms with E-state index in [1.165, 1.54) is 0 Å². The lowest BCUT2D eigenvalue weighted by Crippen LogP contribution is -2.32. The van der Waals surface area contributed by atoms with Gasteiger partial charge in [0.15, 0.2) is 0 Å². The first-order valence-corrected chi connectivity index (χ1v) is 8.91. The van der Waals surface area contributed by atoms with E-state index in [0.717, 1.165) is 46.6 Å². The van der Waals surface area contributed by atoms with Crippen LogP contribution in [0, 0.1) is 0 Å². The molecule has 26 heavy (non-hydrogen) atoms. The Morgan fingerprint density at radius 2 is 2.15 bits per heavy atom. The number of methoxy groups -OCH3 is 1. The number of amides is 1. The molecule has 2 aromatic carbocycles. The van der Waals surface area contributed by atoms with Crippen molar-refractivity contribution in [2.24, 2.45) is 0 Å². The maximum atomic E-state index is 11.6. The lowest BCUT2D eigenvalue weighted by molar-refractivity contribution is -0.123. The van der Waals surface area contributed by atoms with E-state index in [4.69, 9.17) is 9.15 Å². The second kappa shape index (κ2) is 7.12. The summed E-state index contributed by atoms with van der Waals surface area (Å²) in [6.07, 6.45) is 2.56. The SMILES string of the molecule is COc1ccc2oc(CNc3cccc(C4CCCC(=O)N4)c3)cc2c1. The molecule has 1 fully saturated rings. The number of carbonyl (C=O) groups excluding carboxylic acids is 1. The summed E-state index contributed by atoms with van der Waals surface area (Å²) in [4.78, 5) is 11.6. The minimum Gasteiger partial charge on any atom is -0.497 e. The van der Waals surface area contributed by atoms with E-state index in [1.807, 2.05) is 36.4 Å². The van der Waals surface area contributed by atoms with Crippen LogP contribution in [0.15, 0.2) is 52.9 Å². The fraction of sp³-hybridized carbons (Fsp3) is 0.286. The lowest BCUT2D eigenvalue weighted by Gasteiger charge is -2.24. The summed E-state index contributed by atoms with van der Waals surface area (Å²) in [6.45, 7) is 0.595. The zero-order chi connectivity index (χ0) is 17.9. The Bertz CT molecular complexity index is 932. The minimum absolute atomic E-state index is 0.108. The third-order valence-corrected chi connectivity index (χ3v) is 4.76. The fourth-order valence-electron chi connectivity index (χ4n) is 3.40. The van der Waals surface area contributed by atoms with Crippen LogP contribution in [0.3, 0.4) is 0 Å². The van der Waals surface area contributed by atoms with Gasteiger partial charge in [-0.3, -0.25) is 4.79 Å². The first-order valence-electron chi connectivity index (χ1n) is 8.91. The van der Waals surface area contributed by atoms with Crippen molar-refractivity contribution in [3.8, 4) is 5.75 Å².